The summed E-state index contributed by atoms with van der Waals surface area (Å²) < 4.78 is 11.6. The van der Waals surface area contributed by atoms with Gasteiger partial charge in [-0.05, 0) is 48.5 Å². The number of thiophene rings is 1. The van der Waals surface area contributed by atoms with E-state index in [1.54, 1.807) is 11.3 Å². The average Bonchev–Trinajstić information content (AvgIpc) is 3.87. The molecule has 11 rings (SSSR count). The molecule has 11 aromatic rings. The van der Waals surface area contributed by atoms with Gasteiger partial charge in [0.15, 0.2) is 23.1 Å². The first kappa shape index (κ1) is 28.2. The van der Waals surface area contributed by atoms with Gasteiger partial charge in [-0.25, -0.2) is 15.0 Å². The van der Waals surface area contributed by atoms with Crippen LogP contribution in [-0.2, 0) is 0 Å². The summed E-state index contributed by atoms with van der Waals surface area (Å²) in [5.41, 5.74) is 7.70. The third-order valence-corrected chi connectivity index (χ3v) is 11.0. The van der Waals surface area contributed by atoms with Gasteiger partial charge >= 0.3 is 0 Å². The monoisotopic (exact) mass is 670 g/mol. The molecule has 0 bridgehead atoms. The third-order valence-electron chi connectivity index (χ3n) is 9.85. The zero-order chi connectivity index (χ0) is 33.5. The summed E-state index contributed by atoms with van der Waals surface area (Å²) in [6, 6.07) is 54.9. The predicted molar refractivity (Wildman–Crippen MR) is 211 cm³/mol. The van der Waals surface area contributed by atoms with Crippen molar-refractivity contribution in [3.8, 4) is 39.9 Å². The van der Waals surface area contributed by atoms with Crippen LogP contribution in [0, 0.1) is 0 Å². The quantitative estimate of drug-likeness (QED) is 0.187. The van der Waals surface area contributed by atoms with Gasteiger partial charge in [0.05, 0.1) is 11.0 Å². The molecule has 0 spiro atoms. The van der Waals surface area contributed by atoms with Gasteiger partial charge in [0.25, 0.3) is 0 Å². The van der Waals surface area contributed by atoms with E-state index >= 15 is 0 Å². The highest BCUT2D eigenvalue weighted by molar-refractivity contribution is 7.25. The number of para-hydroxylation sites is 2. The lowest BCUT2D eigenvalue weighted by Gasteiger charge is -2.08. The smallest absolute Gasteiger partial charge is 0.164 e. The Morgan fingerprint density at radius 3 is 1.82 bits per heavy atom. The van der Waals surface area contributed by atoms with Gasteiger partial charge in [-0.3, -0.25) is 0 Å². The molecule has 51 heavy (non-hydrogen) atoms. The van der Waals surface area contributed by atoms with E-state index in [2.05, 4.69) is 126 Å². The van der Waals surface area contributed by atoms with Crippen LogP contribution in [0.3, 0.4) is 0 Å². The van der Waals surface area contributed by atoms with Crippen molar-refractivity contribution < 1.29 is 4.42 Å². The number of nitrogens with zero attached hydrogens (tertiary/aromatic N) is 4. The summed E-state index contributed by atoms with van der Waals surface area (Å²) >= 11 is 1.79. The van der Waals surface area contributed by atoms with Crippen LogP contribution in [0.1, 0.15) is 0 Å². The summed E-state index contributed by atoms with van der Waals surface area (Å²) in [4.78, 5) is 15.1. The molecule has 238 valence electrons. The summed E-state index contributed by atoms with van der Waals surface area (Å²) in [5.74, 6) is 1.86. The van der Waals surface area contributed by atoms with Gasteiger partial charge < -0.3 is 8.98 Å². The van der Waals surface area contributed by atoms with E-state index in [0.717, 1.165) is 60.7 Å². The molecule has 4 aromatic heterocycles. The van der Waals surface area contributed by atoms with Crippen molar-refractivity contribution >= 4 is 75.3 Å². The second kappa shape index (κ2) is 10.9. The molecule has 0 fully saturated rings. The minimum absolute atomic E-state index is 0.598. The lowest BCUT2D eigenvalue weighted by Crippen LogP contribution is -2.00. The second-order valence-electron chi connectivity index (χ2n) is 12.8. The van der Waals surface area contributed by atoms with Crippen LogP contribution >= 0.6 is 11.3 Å². The van der Waals surface area contributed by atoms with Crippen molar-refractivity contribution in [3.63, 3.8) is 0 Å². The number of hydrogen-bond acceptors (Lipinski definition) is 5. The molecule has 0 aliphatic heterocycles. The Kier molecular flexibility index (Phi) is 6.05. The third kappa shape index (κ3) is 4.37. The van der Waals surface area contributed by atoms with Crippen molar-refractivity contribution in [2.24, 2.45) is 0 Å². The Morgan fingerprint density at radius 2 is 1.02 bits per heavy atom. The number of aromatic nitrogens is 4. The highest BCUT2D eigenvalue weighted by Gasteiger charge is 2.20. The molecule has 4 heterocycles. The van der Waals surface area contributed by atoms with Crippen LogP contribution in [0.25, 0.3) is 104 Å². The van der Waals surface area contributed by atoms with Crippen LogP contribution in [0.4, 0.5) is 0 Å². The van der Waals surface area contributed by atoms with E-state index in [1.807, 2.05) is 36.4 Å². The molecule has 0 amide bonds. The molecule has 0 unspecified atom stereocenters. The zero-order valence-electron chi connectivity index (χ0n) is 27.1. The first-order valence-corrected chi connectivity index (χ1v) is 17.8. The van der Waals surface area contributed by atoms with E-state index in [0.29, 0.717) is 17.5 Å². The van der Waals surface area contributed by atoms with Crippen molar-refractivity contribution in [3.05, 3.63) is 158 Å². The zero-order valence-corrected chi connectivity index (χ0v) is 27.9. The Bertz CT molecular complexity index is 3140. The molecule has 7 aromatic carbocycles. The fraction of sp³-hybridized carbons (Fsp3) is 0. The van der Waals surface area contributed by atoms with Gasteiger partial charge in [0, 0.05) is 64.1 Å². The summed E-state index contributed by atoms with van der Waals surface area (Å²) in [6.45, 7) is 0. The molecule has 0 saturated carbocycles. The molecule has 5 nitrogen and oxygen atoms in total. The fourth-order valence-corrected chi connectivity index (χ4v) is 8.63. The van der Waals surface area contributed by atoms with Crippen LogP contribution in [0.2, 0.25) is 0 Å². The molecular formula is C45H26N4OS. The van der Waals surface area contributed by atoms with Gasteiger partial charge in [0.2, 0.25) is 0 Å². The van der Waals surface area contributed by atoms with Gasteiger partial charge in [-0.2, -0.15) is 0 Å². The summed E-state index contributed by atoms with van der Waals surface area (Å²) in [5, 5.41) is 6.99. The normalized spacial score (nSPS) is 11.9. The maximum absolute atomic E-state index is 6.84. The van der Waals surface area contributed by atoms with Gasteiger partial charge in [0.1, 0.15) is 5.58 Å². The Morgan fingerprint density at radius 1 is 0.431 bits per heavy atom. The van der Waals surface area contributed by atoms with Crippen LogP contribution in [-0.4, -0.2) is 19.5 Å². The second-order valence-corrected chi connectivity index (χ2v) is 13.9. The van der Waals surface area contributed by atoms with Crippen LogP contribution in [0.5, 0.6) is 0 Å². The molecule has 0 aliphatic carbocycles. The predicted octanol–water partition coefficient (Wildman–Crippen LogP) is 12.2. The highest BCUT2D eigenvalue weighted by Crippen LogP contribution is 2.41. The molecule has 0 saturated heterocycles. The lowest BCUT2D eigenvalue weighted by molar-refractivity contribution is 0.671. The minimum Gasteiger partial charge on any atom is -0.454 e. The van der Waals surface area contributed by atoms with Crippen LogP contribution in [0.15, 0.2) is 162 Å². The highest BCUT2D eigenvalue weighted by atomic mass is 32.1. The van der Waals surface area contributed by atoms with E-state index in [9.17, 15) is 0 Å². The largest absolute Gasteiger partial charge is 0.454 e. The summed E-state index contributed by atoms with van der Waals surface area (Å²) in [7, 11) is 0. The number of benzene rings is 7. The maximum Gasteiger partial charge on any atom is 0.164 e. The van der Waals surface area contributed by atoms with Crippen LogP contribution < -0.4 is 0 Å². The average molecular weight is 671 g/mol. The number of hydrogen-bond donors (Lipinski definition) is 0. The van der Waals surface area contributed by atoms with E-state index < -0.39 is 0 Å². The molecule has 0 radical (unpaired) electrons. The summed E-state index contributed by atoms with van der Waals surface area (Å²) in [6.07, 6.45) is 0. The topological polar surface area (TPSA) is 56.7 Å². The molecule has 0 N–H and O–H groups in total. The van der Waals surface area contributed by atoms with E-state index in [-0.39, 0.29) is 0 Å². The van der Waals surface area contributed by atoms with Gasteiger partial charge in [-0.15, -0.1) is 11.3 Å². The Hall–Kier alpha value is -6.63. The first-order chi connectivity index (χ1) is 25.3. The van der Waals surface area contributed by atoms with E-state index in [1.165, 1.54) is 25.6 Å². The maximum atomic E-state index is 6.84. The van der Waals surface area contributed by atoms with Crippen molar-refractivity contribution in [1.29, 1.82) is 0 Å². The molecule has 6 heteroatoms. The molecule has 0 atom stereocenters. The van der Waals surface area contributed by atoms with Crippen molar-refractivity contribution in [1.82, 2.24) is 19.5 Å². The number of rotatable bonds is 4. The van der Waals surface area contributed by atoms with Crippen molar-refractivity contribution in [2.45, 2.75) is 0 Å². The van der Waals surface area contributed by atoms with Gasteiger partial charge in [-0.1, -0.05) is 109 Å². The lowest BCUT2D eigenvalue weighted by atomic mass is 10.1. The molecule has 0 aliphatic rings. The van der Waals surface area contributed by atoms with E-state index in [4.69, 9.17) is 19.4 Å². The number of fused-ring (bicyclic) bond motifs is 10. The van der Waals surface area contributed by atoms with Crippen molar-refractivity contribution in [2.75, 3.05) is 0 Å². The molecular weight excluding hydrogens is 645 g/mol. The minimum atomic E-state index is 0.598. The standard InChI is InChI=1S/C45H26N4OS/c1-3-11-27(12-4-1)43-46-44(48-45(47-43)29-20-22-34-33-16-8-10-18-39(33)51-40(34)26-29)28-19-21-32-36-24-23-35-31-15-7-9-17-37(31)49(30-13-5-2-6-14-30)41(35)42(36)50-38(32)25-28/h1-26H. The Balaban J connectivity index is 1.12. The SMILES string of the molecule is c1ccc(-c2nc(-c3ccc4c(c3)oc3c4ccc4c5ccccc5n(-c5ccccc5)c43)nc(-c3ccc4c(c3)sc3ccccc34)n2)cc1. The number of furan rings is 1. The first-order valence-electron chi connectivity index (χ1n) is 16.9. The Labute approximate surface area is 295 Å². The fourth-order valence-electron chi connectivity index (χ4n) is 7.48.